The van der Waals surface area contributed by atoms with Crippen molar-refractivity contribution in [3.8, 4) is 17.1 Å². The normalized spacial score (nSPS) is 10.6. The van der Waals surface area contributed by atoms with E-state index >= 15 is 0 Å². The van der Waals surface area contributed by atoms with E-state index in [4.69, 9.17) is 26.1 Å². The summed E-state index contributed by atoms with van der Waals surface area (Å²) >= 11 is 0. The lowest BCUT2D eigenvalue weighted by molar-refractivity contribution is -0.192. The van der Waals surface area contributed by atoms with Crippen LogP contribution in [-0.4, -0.2) is 39.7 Å². The molecule has 3 rings (SSSR count). The van der Waals surface area contributed by atoms with Gasteiger partial charge >= 0.3 is 12.1 Å². The number of aromatic nitrogens is 2. The number of pyridine rings is 2. The lowest BCUT2D eigenvalue weighted by atomic mass is 10.1. The Morgan fingerprint density at radius 1 is 1.00 bits per heavy atom. The molecule has 0 radical (unpaired) electrons. The molecule has 3 aromatic rings. The number of hydrogen-bond acceptors (Lipinski definition) is 5. The van der Waals surface area contributed by atoms with Gasteiger partial charge < -0.3 is 21.3 Å². The third-order valence-electron chi connectivity index (χ3n) is 4.20. The summed E-state index contributed by atoms with van der Waals surface area (Å²) in [6.45, 7) is 2.94. The van der Waals surface area contributed by atoms with Crippen LogP contribution in [0.15, 0.2) is 65.7 Å². The molecule has 34 heavy (non-hydrogen) atoms. The SMILES string of the molecule is Cc1cccc(-c2cccc(COc3ccc(CCN=C(N)N)cc3)n2)n1.O=C(O)C(F)(F)F. The van der Waals surface area contributed by atoms with Crippen LogP contribution in [0.2, 0.25) is 0 Å². The number of halogens is 3. The molecule has 180 valence electrons. The fourth-order valence-electron chi connectivity index (χ4n) is 2.61. The van der Waals surface area contributed by atoms with Crippen molar-refractivity contribution in [1.82, 2.24) is 9.97 Å². The van der Waals surface area contributed by atoms with Gasteiger partial charge in [0.2, 0.25) is 0 Å². The Labute approximate surface area is 194 Å². The van der Waals surface area contributed by atoms with Crippen LogP contribution in [0.3, 0.4) is 0 Å². The van der Waals surface area contributed by atoms with Crippen LogP contribution in [0.5, 0.6) is 5.75 Å². The van der Waals surface area contributed by atoms with Crippen LogP contribution in [0.1, 0.15) is 17.0 Å². The molecule has 0 aliphatic rings. The van der Waals surface area contributed by atoms with Crippen LogP contribution < -0.4 is 16.2 Å². The Balaban J connectivity index is 0.000000509. The predicted octanol–water partition coefficient (Wildman–Crippen LogP) is 3.48. The van der Waals surface area contributed by atoms with E-state index in [2.05, 4.69) is 15.0 Å². The van der Waals surface area contributed by atoms with E-state index in [9.17, 15) is 13.2 Å². The first-order chi connectivity index (χ1) is 16.0. The molecule has 0 aliphatic heterocycles. The molecule has 2 aromatic heterocycles. The van der Waals surface area contributed by atoms with Gasteiger partial charge in [-0.15, -0.1) is 0 Å². The largest absolute Gasteiger partial charge is 0.490 e. The second-order valence-corrected chi connectivity index (χ2v) is 6.97. The molecule has 1 aromatic carbocycles. The van der Waals surface area contributed by atoms with Crippen molar-refractivity contribution in [3.05, 3.63) is 77.6 Å². The van der Waals surface area contributed by atoms with Gasteiger partial charge in [0.25, 0.3) is 0 Å². The number of nitrogens with zero attached hydrogens (tertiary/aromatic N) is 3. The zero-order valence-electron chi connectivity index (χ0n) is 18.3. The van der Waals surface area contributed by atoms with E-state index in [1.165, 1.54) is 0 Å². The smallest absolute Gasteiger partial charge is 0.487 e. The number of rotatable bonds is 7. The van der Waals surface area contributed by atoms with Crippen molar-refractivity contribution in [3.63, 3.8) is 0 Å². The maximum absolute atomic E-state index is 10.6. The van der Waals surface area contributed by atoms with Crippen LogP contribution >= 0.6 is 0 Å². The fourth-order valence-corrected chi connectivity index (χ4v) is 2.61. The maximum Gasteiger partial charge on any atom is 0.490 e. The lowest BCUT2D eigenvalue weighted by Crippen LogP contribution is -2.23. The molecule has 0 saturated carbocycles. The lowest BCUT2D eigenvalue weighted by Gasteiger charge is -2.08. The Hall–Kier alpha value is -4.15. The Kier molecular flexibility index (Phi) is 9.36. The predicted molar refractivity (Wildman–Crippen MR) is 121 cm³/mol. The van der Waals surface area contributed by atoms with Crippen molar-refractivity contribution in [2.24, 2.45) is 16.5 Å². The number of ether oxygens (including phenoxy) is 1. The molecule has 0 spiro atoms. The van der Waals surface area contributed by atoms with Gasteiger partial charge in [-0.3, -0.25) is 9.98 Å². The molecule has 5 N–H and O–H groups in total. The van der Waals surface area contributed by atoms with E-state index in [-0.39, 0.29) is 5.96 Å². The van der Waals surface area contributed by atoms with Gasteiger partial charge in [0.1, 0.15) is 12.4 Å². The van der Waals surface area contributed by atoms with Gasteiger partial charge in [0.15, 0.2) is 5.96 Å². The number of benzene rings is 1. The summed E-state index contributed by atoms with van der Waals surface area (Å²) in [6, 6.07) is 19.7. The number of aliphatic imine (C=N–C) groups is 1. The topological polar surface area (TPSA) is 137 Å². The third kappa shape index (κ3) is 9.15. The molecule has 0 unspecified atom stereocenters. The fraction of sp³-hybridized carbons (Fsp3) is 0.217. The zero-order valence-corrected chi connectivity index (χ0v) is 18.3. The average molecular weight is 475 g/mol. The van der Waals surface area contributed by atoms with E-state index in [0.717, 1.165) is 40.5 Å². The van der Waals surface area contributed by atoms with E-state index in [0.29, 0.717) is 13.2 Å². The molecule has 0 fully saturated rings. The molecule has 2 heterocycles. The molecular weight excluding hydrogens is 451 g/mol. The standard InChI is InChI=1S/C21H23N5O.C2HF3O2/c1-15-4-2-6-19(25-15)20-7-3-5-17(26-20)14-27-18-10-8-16(9-11-18)12-13-24-21(22)23;3-2(4,5)1(6)7/h2-11H,12-14H2,1H3,(H4,22,23,24);(H,6,7). The second-order valence-electron chi connectivity index (χ2n) is 6.97. The molecule has 11 heteroatoms. The number of alkyl halides is 3. The number of carboxylic acid groups (broad SMARTS) is 1. The summed E-state index contributed by atoms with van der Waals surface area (Å²) < 4.78 is 37.6. The van der Waals surface area contributed by atoms with Crippen molar-refractivity contribution in [2.75, 3.05) is 6.54 Å². The van der Waals surface area contributed by atoms with E-state index in [1.807, 2.05) is 67.6 Å². The minimum atomic E-state index is -5.08. The van der Waals surface area contributed by atoms with Crippen molar-refractivity contribution < 1.29 is 27.8 Å². The summed E-state index contributed by atoms with van der Waals surface area (Å²) in [5, 5.41) is 7.12. The molecular formula is C23H24F3N5O3. The zero-order chi connectivity index (χ0) is 25.1. The highest BCUT2D eigenvalue weighted by Crippen LogP contribution is 2.18. The van der Waals surface area contributed by atoms with Gasteiger partial charge in [-0.05, 0) is 55.3 Å². The van der Waals surface area contributed by atoms with Crippen LogP contribution in [0.4, 0.5) is 13.2 Å². The third-order valence-corrected chi connectivity index (χ3v) is 4.20. The summed E-state index contributed by atoms with van der Waals surface area (Å²) in [6.07, 6.45) is -4.30. The Bertz CT molecular complexity index is 1120. The summed E-state index contributed by atoms with van der Waals surface area (Å²) in [5.74, 6) is -1.85. The van der Waals surface area contributed by atoms with Crippen molar-refractivity contribution >= 4 is 11.9 Å². The minimum absolute atomic E-state index is 0.116. The molecule has 0 saturated heterocycles. The number of carboxylic acids is 1. The van der Waals surface area contributed by atoms with Gasteiger partial charge in [-0.1, -0.05) is 24.3 Å². The molecule has 0 bridgehead atoms. The van der Waals surface area contributed by atoms with Gasteiger partial charge in [-0.25, -0.2) is 9.78 Å². The molecule has 0 aliphatic carbocycles. The second kappa shape index (κ2) is 12.2. The molecule has 0 amide bonds. The number of aryl methyl sites for hydroxylation is 1. The van der Waals surface area contributed by atoms with Gasteiger partial charge in [0.05, 0.1) is 17.1 Å². The summed E-state index contributed by atoms with van der Waals surface area (Å²) in [7, 11) is 0. The first-order valence-corrected chi connectivity index (χ1v) is 10.0. The average Bonchev–Trinajstić information content (AvgIpc) is 2.78. The van der Waals surface area contributed by atoms with E-state index < -0.39 is 12.1 Å². The van der Waals surface area contributed by atoms with Crippen molar-refractivity contribution in [2.45, 2.75) is 26.1 Å². The highest BCUT2D eigenvalue weighted by atomic mass is 19.4. The first-order valence-electron chi connectivity index (χ1n) is 10.0. The molecule has 8 nitrogen and oxygen atoms in total. The van der Waals surface area contributed by atoms with E-state index in [1.54, 1.807) is 0 Å². The summed E-state index contributed by atoms with van der Waals surface area (Å²) in [5.41, 5.74) is 15.3. The molecule has 0 atom stereocenters. The number of hydrogen-bond donors (Lipinski definition) is 3. The number of nitrogens with two attached hydrogens (primary N) is 2. The maximum atomic E-state index is 10.6. The monoisotopic (exact) mass is 475 g/mol. The van der Waals surface area contributed by atoms with Crippen LogP contribution in [0.25, 0.3) is 11.4 Å². The quantitative estimate of drug-likeness (QED) is 0.351. The van der Waals surface area contributed by atoms with Gasteiger partial charge in [-0.2, -0.15) is 13.2 Å². The first kappa shape index (κ1) is 26.1. The Morgan fingerprint density at radius 3 is 2.15 bits per heavy atom. The number of aliphatic carboxylic acids is 1. The number of guanidine groups is 1. The van der Waals surface area contributed by atoms with Crippen LogP contribution in [0, 0.1) is 6.92 Å². The van der Waals surface area contributed by atoms with Crippen molar-refractivity contribution in [1.29, 1.82) is 0 Å². The highest BCUT2D eigenvalue weighted by Gasteiger charge is 2.38. The number of carbonyl (C=O) groups is 1. The minimum Gasteiger partial charge on any atom is -0.487 e. The highest BCUT2D eigenvalue weighted by molar-refractivity contribution is 5.75. The van der Waals surface area contributed by atoms with Crippen LogP contribution in [-0.2, 0) is 17.8 Å². The summed E-state index contributed by atoms with van der Waals surface area (Å²) in [4.78, 5) is 22.0. The van der Waals surface area contributed by atoms with Gasteiger partial charge in [0, 0.05) is 12.2 Å². The Morgan fingerprint density at radius 2 is 1.59 bits per heavy atom.